The second-order valence-electron chi connectivity index (χ2n) is 10.1. The number of alkyl halides is 3. The molecule has 0 N–H and O–H groups in total. The normalized spacial score (nSPS) is 25.4. The van der Waals surface area contributed by atoms with Crippen LogP contribution < -0.4 is 0 Å². The highest BCUT2D eigenvalue weighted by Crippen LogP contribution is 2.46. The first-order valence-corrected chi connectivity index (χ1v) is 12.2. The van der Waals surface area contributed by atoms with Crippen molar-refractivity contribution in [3.05, 3.63) is 47.0 Å². The Morgan fingerprint density at radius 2 is 1.58 bits per heavy atom. The second kappa shape index (κ2) is 10.0. The maximum Gasteiger partial charge on any atom is 0.458 e. The van der Waals surface area contributed by atoms with Gasteiger partial charge in [-0.3, -0.25) is 0 Å². The van der Waals surface area contributed by atoms with Crippen LogP contribution in [0.5, 0.6) is 0 Å². The van der Waals surface area contributed by atoms with Gasteiger partial charge < -0.3 is 0 Å². The van der Waals surface area contributed by atoms with Gasteiger partial charge in [-0.15, -0.1) is 0 Å². The highest BCUT2D eigenvalue weighted by molar-refractivity contribution is 5.85. The Balaban J connectivity index is 1.40. The predicted octanol–water partition coefficient (Wildman–Crippen LogP) is 8.60. The van der Waals surface area contributed by atoms with Crippen molar-refractivity contribution in [2.45, 2.75) is 77.3 Å². The minimum absolute atomic E-state index is 0.0935. The molecule has 0 radical (unpaired) electrons. The molecule has 4 rings (SSSR count). The Hall–Kier alpha value is -2.09. The summed E-state index contributed by atoms with van der Waals surface area (Å²) in [6.07, 6.45) is 7.78. The SMILES string of the molecule is CCCC1CCC2CC(CCc3ccc4c(F)c(C#CC(F)(F)F)c(F)cc4c3)CCC2C1. The molecule has 2 aromatic rings. The van der Waals surface area contributed by atoms with Gasteiger partial charge in [0.1, 0.15) is 11.6 Å². The van der Waals surface area contributed by atoms with E-state index in [9.17, 15) is 22.0 Å². The van der Waals surface area contributed by atoms with E-state index in [0.29, 0.717) is 11.3 Å². The summed E-state index contributed by atoms with van der Waals surface area (Å²) in [6.45, 7) is 2.28. The van der Waals surface area contributed by atoms with Crippen LogP contribution >= 0.6 is 0 Å². The molecule has 4 unspecified atom stereocenters. The fourth-order valence-corrected chi connectivity index (χ4v) is 6.17. The molecule has 5 heteroatoms. The van der Waals surface area contributed by atoms with Crippen LogP contribution in [0, 0.1) is 47.1 Å². The number of benzene rings is 2. The number of fused-ring (bicyclic) bond motifs is 2. The largest absolute Gasteiger partial charge is 0.458 e. The summed E-state index contributed by atoms with van der Waals surface area (Å²) in [6, 6.07) is 6.17. The minimum atomic E-state index is -4.80. The van der Waals surface area contributed by atoms with Crippen molar-refractivity contribution < 1.29 is 22.0 Å². The molecule has 2 saturated carbocycles. The van der Waals surface area contributed by atoms with E-state index in [0.717, 1.165) is 48.1 Å². The fourth-order valence-electron chi connectivity index (χ4n) is 6.17. The summed E-state index contributed by atoms with van der Waals surface area (Å²) in [5.41, 5.74) is 0.169. The Bertz CT molecular complexity index is 1040. The first-order valence-electron chi connectivity index (χ1n) is 12.2. The third-order valence-electron chi connectivity index (χ3n) is 7.79. The number of rotatable bonds is 5. The van der Waals surface area contributed by atoms with Gasteiger partial charge >= 0.3 is 6.18 Å². The zero-order chi connectivity index (χ0) is 23.6. The lowest BCUT2D eigenvalue weighted by Crippen LogP contribution is -2.31. The van der Waals surface area contributed by atoms with Crippen molar-refractivity contribution in [1.29, 1.82) is 0 Å². The predicted molar refractivity (Wildman–Crippen MR) is 122 cm³/mol. The fraction of sp³-hybridized carbons (Fsp3) is 0.571. The summed E-state index contributed by atoms with van der Waals surface area (Å²) >= 11 is 0. The summed E-state index contributed by atoms with van der Waals surface area (Å²) in [4.78, 5) is 0. The van der Waals surface area contributed by atoms with Crippen LogP contribution in [0.3, 0.4) is 0 Å². The molecule has 2 aromatic carbocycles. The Morgan fingerprint density at radius 3 is 2.21 bits per heavy atom. The van der Waals surface area contributed by atoms with Gasteiger partial charge in [0.2, 0.25) is 0 Å². The second-order valence-corrected chi connectivity index (χ2v) is 10.1. The van der Waals surface area contributed by atoms with Gasteiger partial charge in [-0.25, -0.2) is 8.78 Å². The van der Waals surface area contributed by atoms with Gasteiger partial charge in [0.25, 0.3) is 0 Å². The number of aryl methyl sites for hydroxylation is 1. The van der Waals surface area contributed by atoms with Crippen LogP contribution in [0.1, 0.15) is 75.8 Å². The summed E-state index contributed by atoms with van der Waals surface area (Å²) in [5.74, 6) is 3.82. The maximum atomic E-state index is 14.6. The molecule has 0 saturated heterocycles. The third kappa shape index (κ3) is 5.89. The van der Waals surface area contributed by atoms with Crippen molar-refractivity contribution >= 4 is 10.8 Å². The van der Waals surface area contributed by atoms with Gasteiger partial charge in [0, 0.05) is 11.3 Å². The van der Waals surface area contributed by atoms with E-state index in [1.165, 1.54) is 57.4 Å². The molecule has 0 bridgehead atoms. The topological polar surface area (TPSA) is 0 Å². The summed E-state index contributed by atoms with van der Waals surface area (Å²) in [7, 11) is 0. The molecule has 0 spiro atoms. The van der Waals surface area contributed by atoms with Gasteiger partial charge in [-0.2, -0.15) is 13.2 Å². The molecule has 0 aromatic heterocycles. The van der Waals surface area contributed by atoms with Gasteiger partial charge in [0.15, 0.2) is 0 Å². The Labute approximate surface area is 192 Å². The van der Waals surface area contributed by atoms with Crippen LogP contribution in [-0.2, 0) is 6.42 Å². The lowest BCUT2D eigenvalue weighted by molar-refractivity contribution is -0.0696. The molecular weight excluding hydrogens is 431 g/mol. The van der Waals surface area contributed by atoms with E-state index in [1.54, 1.807) is 18.1 Å². The first kappa shape index (κ1) is 24.0. The molecule has 2 fully saturated rings. The molecule has 0 heterocycles. The molecule has 0 nitrogen and oxygen atoms in total. The maximum absolute atomic E-state index is 14.6. The zero-order valence-electron chi connectivity index (χ0n) is 19.1. The summed E-state index contributed by atoms with van der Waals surface area (Å²) in [5, 5.41) is 0.453. The van der Waals surface area contributed by atoms with Crippen molar-refractivity contribution in [2.75, 3.05) is 0 Å². The van der Waals surface area contributed by atoms with Crippen molar-refractivity contribution in [2.24, 2.45) is 23.7 Å². The van der Waals surface area contributed by atoms with Crippen molar-refractivity contribution in [1.82, 2.24) is 0 Å². The monoisotopic (exact) mass is 462 g/mol. The molecule has 178 valence electrons. The molecule has 2 aliphatic rings. The summed E-state index contributed by atoms with van der Waals surface area (Å²) < 4.78 is 65.9. The van der Waals surface area contributed by atoms with Crippen molar-refractivity contribution in [3.63, 3.8) is 0 Å². The molecule has 0 aliphatic heterocycles. The smallest absolute Gasteiger partial charge is 0.205 e. The van der Waals surface area contributed by atoms with Crippen LogP contribution in [0.4, 0.5) is 22.0 Å². The number of hydrogen-bond donors (Lipinski definition) is 0. The standard InChI is InChI=1S/C28H31F5/c1-2-3-18-6-9-22-15-19(7-10-21(22)14-18)4-5-20-8-11-24-23(16-20)17-26(29)25(27(24)30)12-13-28(31,32)33/h8,11,16-19,21-22H,2-7,9-10,14-15H2,1H3. The average Bonchev–Trinajstić information content (AvgIpc) is 2.76. The van der Waals surface area contributed by atoms with Gasteiger partial charge in [0.05, 0.1) is 5.56 Å². The average molecular weight is 463 g/mol. The lowest BCUT2D eigenvalue weighted by atomic mass is 9.63. The third-order valence-corrected chi connectivity index (χ3v) is 7.79. The van der Waals surface area contributed by atoms with E-state index < -0.39 is 23.4 Å². The van der Waals surface area contributed by atoms with Crippen LogP contribution in [0.25, 0.3) is 10.8 Å². The molecule has 0 amide bonds. The lowest BCUT2D eigenvalue weighted by Gasteiger charge is -2.42. The minimum Gasteiger partial charge on any atom is -0.205 e. The van der Waals surface area contributed by atoms with E-state index in [2.05, 4.69) is 6.92 Å². The molecular formula is C28H31F5. The molecule has 2 aliphatic carbocycles. The van der Waals surface area contributed by atoms with E-state index >= 15 is 0 Å². The van der Waals surface area contributed by atoms with E-state index in [4.69, 9.17) is 0 Å². The van der Waals surface area contributed by atoms with Crippen LogP contribution in [0.2, 0.25) is 0 Å². The quantitative estimate of drug-likeness (QED) is 0.308. The van der Waals surface area contributed by atoms with Crippen molar-refractivity contribution in [3.8, 4) is 11.8 Å². The van der Waals surface area contributed by atoms with E-state index in [-0.39, 0.29) is 5.39 Å². The molecule has 33 heavy (non-hydrogen) atoms. The highest BCUT2D eigenvalue weighted by Gasteiger charge is 2.35. The Morgan fingerprint density at radius 1 is 0.909 bits per heavy atom. The van der Waals surface area contributed by atoms with Gasteiger partial charge in [-0.05, 0) is 79.2 Å². The highest BCUT2D eigenvalue weighted by atomic mass is 19.4. The number of halogens is 5. The van der Waals surface area contributed by atoms with Gasteiger partial charge in [-0.1, -0.05) is 56.7 Å². The Kier molecular flexibility index (Phi) is 7.31. The number of hydrogen-bond acceptors (Lipinski definition) is 0. The van der Waals surface area contributed by atoms with E-state index in [1.807, 2.05) is 0 Å². The van der Waals surface area contributed by atoms with Crippen LogP contribution in [-0.4, -0.2) is 6.18 Å². The first-order chi connectivity index (χ1) is 15.7. The van der Waals surface area contributed by atoms with Crippen LogP contribution in [0.15, 0.2) is 24.3 Å². The zero-order valence-corrected chi connectivity index (χ0v) is 19.1. The molecule has 4 atom stereocenters.